The van der Waals surface area contributed by atoms with Gasteiger partial charge < -0.3 is 35.8 Å². The zero-order valence-corrected chi connectivity index (χ0v) is 31.7. The summed E-state index contributed by atoms with van der Waals surface area (Å²) < 4.78 is 5.48. The van der Waals surface area contributed by atoms with E-state index in [1.54, 1.807) is 65.2 Å². The Hall–Kier alpha value is -4.49. The first-order chi connectivity index (χ1) is 24.4. The van der Waals surface area contributed by atoms with E-state index in [2.05, 4.69) is 21.3 Å². The number of ether oxygens (including phenoxy) is 1. The molecule has 4 rings (SSSR count). The van der Waals surface area contributed by atoms with E-state index in [1.165, 1.54) is 9.80 Å². The average molecular weight is 725 g/mol. The Labute approximate surface area is 306 Å². The molecule has 6 amide bonds. The number of hydrogen-bond acceptors (Lipinski definition) is 8. The van der Waals surface area contributed by atoms with Crippen LogP contribution in [0, 0.1) is 23.2 Å². The molecule has 2 aliphatic carbocycles. The third-order valence-electron chi connectivity index (χ3n) is 10.5. The molecule has 1 aliphatic heterocycles. The molecule has 1 heterocycles. The molecule has 286 valence electrons. The highest BCUT2D eigenvalue weighted by Gasteiger charge is 2.69. The number of Topliss-reactive ketones (excluding diaryl/α,β-unsaturated/α-hetero) is 1. The lowest BCUT2D eigenvalue weighted by Gasteiger charge is -2.35. The van der Waals surface area contributed by atoms with Gasteiger partial charge in [0.15, 0.2) is 0 Å². The summed E-state index contributed by atoms with van der Waals surface area (Å²) in [5.41, 5.74) is -0.430. The van der Waals surface area contributed by atoms with Crippen LogP contribution in [0.4, 0.5) is 4.79 Å². The lowest BCUT2D eigenvalue weighted by atomic mass is 9.94. The second-order valence-corrected chi connectivity index (χ2v) is 16.1. The molecule has 0 radical (unpaired) electrons. The normalized spacial score (nSPS) is 22.2. The number of fused-ring (bicyclic) bond motifs is 1. The topological polar surface area (TPSA) is 183 Å². The van der Waals surface area contributed by atoms with Crippen molar-refractivity contribution in [3.8, 4) is 0 Å². The first-order valence-corrected chi connectivity index (χ1v) is 18.3. The van der Waals surface area contributed by atoms with Gasteiger partial charge in [0.1, 0.15) is 23.7 Å². The maximum atomic E-state index is 14.3. The smallest absolute Gasteiger partial charge is 0.408 e. The maximum Gasteiger partial charge on any atom is 0.408 e. The van der Waals surface area contributed by atoms with Crippen LogP contribution in [-0.4, -0.2) is 102 Å². The van der Waals surface area contributed by atoms with Crippen LogP contribution in [0.5, 0.6) is 0 Å². The third-order valence-corrected chi connectivity index (χ3v) is 10.5. The number of nitrogens with one attached hydrogen (secondary N) is 4. The highest BCUT2D eigenvalue weighted by Crippen LogP contribution is 2.65. The number of benzene rings is 1. The van der Waals surface area contributed by atoms with Crippen molar-refractivity contribution in [2.24, 2.45) is 23.2 Å². The monoisotopic (exact) mass is 724 g/mol. The molecule has 6 atom stereocenters. The predicted octanol–water partition coefficient (Wildman–Crippen LogP) is 2.47. The average Bonchev–Trinajstić information content (AvgIpc) is 3.52. The fourth-order valence-electron chi connectivity index (χ4n) is 7.72. The van der Waals surface area contributed by atoms with Crippen LogP contribution < -0.4 is 21.3 Å². The first-order valence-electron chi connectivity index (χ1n) is 18.3. The van der Waals surface area contributed by atoms with Crippen molar-refractivity contribution in [1.29, 1.82) is 0 Å². The zero-order chi connectivity index (χ0) is 38.5. The zero-order valence-electron chi connectivity index (χ0n) is 31.7. The Morgan fingerprint density at radius 3 is 2.17 bits per heavy atom. The number of carbonyl (C=O) groups is 7. The Morgan fingerprint density at radius 2 is 1.60 bits per heavy atom. The highest BCUT2D eigenvalue weighted by atomic mass is 16.6. The van der Waals surface area contributed by atoms with Crippen molar-refractivity contribution < 1.29 is 38.3 Å². The van der Waals surface area contributed by atoms with Crippen LogP contribution in [0.3, 0.4) is 0 Å². The number of carbonyl (C=O) groups excluding carboxylic acids is 7. The number of ketones is 1. The van der Waals surface area contributed by atoms with Gasteiger partial charge in [0.2, 0.25) is 29.4 Å². The van der Waals surface area contributed by atoms with Gasteiger partial charge in [0.05, 0.1) is 12.6 Å². The molecule has 52 heavy (non-hydrogen) atoms. The Bertz CT molecular complexity index is 1520. The summed E-state index contributed by atoms with van der Waals surface area (Å²) in [5.74, 6) is -4.15. The molecule has 3 aliphatic rings. The Morgan fingerprint density at radius 1 is 0.962 bits per heavy atom. The number of piperidine rings is 1. The van der Waals surface area contributed by atoms with Crippen LogP contribution in [0.15, 0.2) is 30.3 Å². The van der Waals surface area contributed by atoms with Gasteiger partial charge in [-0.25, -0.2) is 4.79 Å². The molecule has 0 spiro atoms. The summed E-state index contributed by atoms with van der Waals surface area (Å²) in [5, 5.41) is 10.5. The van der Waals surface area contributed by atoms with E-state index in [9.17, 15) is 33.6 Å². The third kappa shape index (κ3) is 9.48. The molecule has 3 fully saturated rings. The van der Waals surface area contributed by atoms with E-state index in [-0.39, 0.29) is 41.4 Å². The minimum absolute atomic E-state index is 0.0548. The molecular formula is C38H56N6O8. The van der Waals surface area contributed by atoms with Crippen LogP contribution in [0.2, 0.25) is 0 Å². The summed E-state index contributed by atoms with van der Waals surface area (Å²) in [6.45, 7) is 10.9. The lowest BCUT2D eigenvalue weighted by molar-refractivity contribution is -0.145. The summed E-state index contributed by atoms with van der Waals surface area (Å²) in [4.78, 5) is 96.3. The number of likely N-dealkylation sites (tertiary alicyclic amines) is 1. The SMILES string of the molecule is CCCC(NC(=O)[C@@H]1[C@@H]2[C@H](CN1C(=O)C(NC(=O)OC(C)(C)C)C1CCCC1)C2(C)C)C(=O)C(=O)NCC(=O)N[C@H](C(=O)N(C)C)c1ccccc1. The predicted molar refractivity (Wildman–Crippen MR) is 192 cm³/mol. The number of hydrogen-bond donors (Lipinski definition) is 4. The van der Waals surface area contributed by atoms with Crippen molar-refractivity contribution in [3.05, 3.63) is 35.9 Å². The molecule has 1 saturated heterocycles. The molecule has 4 N–H and O–H groups in total. The Balaban J connectivity index is 1.44. The van der Waals surface area contributed by atoms with Crippen molar-refractivity contribution >= 4 is 41.4 Å². The maximum absolute atomic E-state index is 14.3. The standard InChI is InChI=1S/C38H56N6O8/c1-9-15-25(31(46)33(48)39-20-26(45)41-28(34(49)43(7)8)22-16-11-10-12-17-22)40-32(47)30-27-24(38(27,5)6)21-44(30)35(50)29(23-18-13-14-19-23)42-36(51)52-37(2,3)4/h10-12,16-17,23-25,27-30H,9,13-15,18-21H2,1-8H3,(H,39,48)(H,40,47)(H,41,45)(H,42,51)/t24-,25?,27-,28-,29?,30-/m0/s1. The molecular weight excluding hydrogens is 668 g/mol. The second kappa shape index (κ2) is 16.5. The van der Waals surface area contributed by atoms with Crippen molar-refractivity contribution in [3.63, 3.8) is 0 Å². The van der Waals surface area contributed by atoms with Gasteiger partial charge in [0, 0.05) is 20.6 Å². The quantitative estimate of drug-likeness (QED) is 0.211. The van der Waals surface area contributed by atoms with Crippen molar-refractivity contribution in [1.82, 2.24) is 31.1 Å². The van der Waals surface area contributed by atoms with Gasteiger partial charge in [-0.1, -0.05) is 70.4 Å². The van der Waals surface area contributed by atoms with Crippen LogP contribution in [-0.2, 0) is 33.5 Å². The van der Waals surface area contributed by atoms with E-state index < -0.39 is 65.9 Å². The van der Waals surface area contributed by atoms with Crippen molar-refractivity contribution in [2.75, 3.05) is 27.2 Å². The Kier molecular flexibility index (Phi) is 12.7. The molecule has 0 bridgehead atoms. The fourth-order valence-corrected chi connectivity index (χ4v) is 7.72. The second-order valence-electron chi connectivity index (χ2n) is 16.1. The molecule has 1 aromatic rings. The summed E-state index contributed by atoms with van der Waals surface area (Å²) in [6, 6.07) is 4.68. The molecule has 0 aromatic heterocycles. The number of likely N-dealkylation sites (N-methyl/N-ethyl adjacent to an activating group) is 1. The molecule has 14 nitrogen and oxygen atoms in total. The van der Waals surface area contributed by atoms with Crippen LogP contribution >= 0.6 is 0 Å². The van der Waals surface area contributed by atoms with Gasteiger partial charge in [-0.15, -0.1) is 0 Å². The van der Waals surface area contributed by atoms with E-state index in [4.69, 9.17) is 4.74 Å². The van der Waals surface area contributed by atoms with Gasteiger partial charge in [-0.2, -0.15) is 0 Å². The lowest BCUT2D eigenvalue weighted by Crippen LogP contribution is -2.59. The van der Waals surface area contributed by atoms with Gasteiger partial charge >= 0.3 is 6.09 Å². The number of amides is 6. The number of alkyl carbamates (subject to hydrolysis) is 1. The summed E-state index contributed by atoms with van der Waals surface area (Å²) >= 11 is 0. The molecule has 1 aromatic carbocycles. The van der Waals surface area contributed by atoms with E-state index >= 15 is 0 Å². The number of nitrogens with zero attached hydrogens (tertiary/aromatic N) is 2. The minimum Gasteiger partial charge on any atom is -0.444 e. The summed E-state index contributed by atoms with van der Waals surface area (Å²) in [6.07, 6.45) is 3.29. The molecule has 2 saturated carbocycles. The first kappa shape index (κ1) is 40.3. The number of rotatable bonds is 14. The largest absolute Gasteiger partial charge is 0.444 e. The fraction of sp³-hybridized carbons (Fsp3) is 0.658. The van der Waals surface area contributed by atoms with E-state index in [1.807, 2.05) is 20.8 Å². The van der Waals surface area contributed by atoms with Crippen molar-refractivity contribution in [2.45, 2.75) is 110 Å². The van der Waals surface area contributed by atoms with Gasteiger partial charge in [-0.3, -0.25) is 28.8 Å². The van der Waals surface area contributed by atoms with E-state index in [0.29, 0.717) is 18.5 Å². The highest BCUT2D eigenvalue weighted by molar-refractivity contribution is 6.38. The van der Waals surface area contributed by atoms with Crippen LogP contribution in [0.1, 0.15) is 91.7 Å². The van der Waals surface area contributed by atoms with Crippen LogP contribution in [0.25, 0.3) is 0 Å². The molecule has 2 unspecified atom stereocenters. The minimum atomic E-state index is -1.20. The molecule has 14 heteroatoms. The van der Waals surface area contributed by atoms with Gasteiger partial charge in [-0.05, 0) is 68.8 Å². The van der Waals surface area contributed by atoms with E-state index in [0.717, 1.165) is 25.7 Å². The summed E-state index contributed by atoms with van der Waals surface area (Å²) in [7, 11) is 3.13. The van der Waals surface area contributed by atoms with Gasteiger partial charge in [0.25, 0.3) is 5.91 Å².